The third-order valence-electron chi connectivity index (χ3n) is 6.96. The second-order valence-electron chi connectivity index (χ2n) is 8.84. The molecule has 8 heteroatoms. The summed E-state index contributed by atoms with van der Waals surface area (Å²) >= 11 is 0. The zero-order valence-electron chi connectivity index (χ0n) is 19.6. The van der Waals surface area contributed by atoms with Crippen molar-refractivity contribution in [3.63, 3.8) is 0 Å². The lowest BCUT2D eigenvalue weighted by atomic mass is 9.77. The third-order valence-corrected chi connectivity index (χ3v) is 6.96. The van der Waals surface area contributed by atoms with Gasteiger partial charge in [-0.1, -0.05) is 13.8 Å². The molecule has 1 aliphatic carbocycles. The molecular weight excluding hydrogens is 433 g/mol. The van der Waals surface area contributed by atoms with Gasteiger partial charge in [0, 0.05) is 6.04 Å². The maximum atomic E-state index is 14.3. The van der Waals surface area contributed by atoms with Crippen LogP contribution in [0.5, 0.6) is 11.5 Å². The molecule has 5 rings (SSSR count). The van der Waals surface area contributed by atoms with Crippen LogP contribution in [0, 0.1) is 22.6 Å². The zero-order valence-corrected chi connectivity index (χ0v) is 19.6. The Labute approximate surface area is 198 Å². The summed E-state index contributed by atoms with van der Waals surface area (Å²) < 4.78 is 21.7. The Balaban J connectivity index is 0.00000133. The van der Waals surface area contributed by atoms with Gasteiger partial charge in [0.2, 0.25) is 0 Å². The van der Waals surface area contributed by atoms with Crippen LogP contribution in [0.2, 0.25) is 0 Å². The fourth-order valence-corrected chi connectivity index (χ4v) is 5.17. The lowest BCUT2D eigenvalue weighted by molar-refractivity contribution is 0.201. The first-order chi connectivity index (χ1) is 16.5. The van der Waals surface area contributed by atoms with Crippen LogP contribution >= 0.6 is 0 Å². The molecule has 3 N–H and O–H groups in total. The summed E-state index contributed by atoms with van der Waals surface area (Å²) in [7, 11) is 0. The first kappa shape index (κ1) is 23.7. The highest BCUT2D eigenvalue weighted by Crippen LogP contribution is 2.49. The number of nitrogens with two attached hydrogens (primary N) is 1. The number of piperidine rings is 1. The quantitative estimate of drug-likeness (QED) is 0.535. The van der Waals surface area contributed by atoms with Crippen molar-refractivity contribution in [2.75, 3.05) is 18.8 Å². The van der Waals surface area contributed by atoms with Gasteiger partial charge in [0.15, 0.2) is 11.6 Å². The highest BCUT2D eigenvalue weighted by Gasteiger charge is 2.40. The lowest BCUT2D eigenvalue weighted by Gasteiger charge is -2.34. The van der Waals surface area contributed by atoms with E-state index >= 15 is 0 Å². The number of nitriles is 1. The molecule has 1 aliphatic heterocycles. The van der Waals surface area contributed by atoms with Crippen LogP contribution in [0.25, 0.3) is 10.9 Å². The Bertz CT molecular complexity index is 1290. The number of rotatable bonds is 3. The minimum Gasteiger partial charge on any atom is -0.453 e. The maximum absolute atomic E-state index is 14.3. The molecule has 178 valence electrons. The number of aromatic nitrogens is 2. The van der Waals surface area contributed by atoms with Gasteiger partial charge in [-0.05, 0) is 80.9 Å². The molecule has 34 heavy (non-hydrogen) atoms. The molecule has 7 nitrogen and oxygen atoms in total. The van der Waals surface area contributed by atoms with Crippen LogP contribution in [0.3, 0.4) is 0 Å². The van der Waals surface area contributed by atoms with E-state index in [1.807, 2.05) is 19.9 Å². The summed E-state index contributed by atoms with van der Waals surface area (Å²) in [5, 5.41) is 13.2. The van der Waals surface area contributed by atoms with Crippen LogP contribution in [-0.4, -0.2) is 22.6 Å². The molecule has 2 aliphatic rings. The molecule has 2 heterocycles. The van der Waals surface area contributed by atoms with E-state index in [4.69, 9.17) is 10.5 Å². The Morgan fingerprint density at radius 2 is 2.00 bits per heavy atom. The van der Waals surface area contributed by atoms with Crippen molar-refractivity contribution in [3.8, 4) is 17.6 Å². The lowest BCUT2D eigenvalue weighted by Crippen LogP contribution is -2.35. The van der Waals surface area contributed by atoms with Gasteiger partial charge in [-0.2, -0.15) is 5.26 Å². The van der Waals surface area contributed by atoms with Crippen LogP contribution in [0.4, 0.5) is 10.1 Å². The Hall–Kier alpha value is -3.44. The van der Waals surface area contributed by atoms with Gasteiger partial charge in [-0.25, -0.2) is 9.37 Å². The second-order valence-corrected chi connectivity index (χ2v) is 8.84. The third kappa shape index (κ3) is 4.36. The summed E-state index contributed by atoms with van der Waals surface area (Å²) in [5.74, 6) is -0.700. The summed E-state index contributed by atoms with van der Waals surface area (Å²) in [6.07, 6.45) is 7.00. The van der Waals surface area contributed by atoms with E-state index in [2.05, 4.69) is 10.3 Å². The van der Waals surface area contributed by atoms with Gasteiger partial charge >= 0.3 is 0 Å². The van der Waals surface area contributed by atoms with Gasteiger partial charge in [0.05, 0.1) is 22.9 Å². The van der Waals surface area contributed by atoms with Gasteiger partial charge in [-0.15, -0.1) is 0 Å². The van der Waals surface area contributed by atoms with Crippen molar-refractivity contribution in [1.29, 1.82) is 5.26 Å². The average molecular weight is 464 g/mol. The molecule has 0 amide bonds. The fourth-order valence-electron chi connectivity index (χ4n) is 5.17. The standard InChI is InChI=1S/C24H24FN5O2.C2H6/c25-19-2-3-20(27)18(13-26)22(19)32-16-1-4-21-17(11-16)23(31)30(14-29-21)15-5-6-24(12-15)7-9-28-10-8-24;1-2/h1-4,11,14-15,28H,5-10,12,27H2;1-2H3. The Kier molecular flexibility index (Phi) is 6.85. The van der Waals surface area contributed by atoms with Crippen molar-refractivity contribution in [3.05, 3.63) is 58.4 Å². The molecule has 1 unspecified atom stereocenters. The van der Waals surface area contributed by atoms with Gasteiger partial charge in [0.1, 0.15) is 17.4 Å². The molecule has 1 saturated carbocycles. The van der Waals surface area contributed by atoms with Gasteiger partial charge < -0.3 is 15.8 Å². The number of fused-ring (bicyclic) bond motifs is 1. The molecule has 0 bridgehead atoms. The molecular formula is C26H30FN5O2. The number of ether oxygens (including phenoxy) is 1. The van der Waals surface area contributed by atoms with Gasteiger partial charge in [-0.3, -0.25) is 9.36 Å². The SMILES string of the molecule is CC.N#Cc1c(N)ccc(F)c1Oc1ccc2ncn(C3CCC4(CCNCC4)C3)c(=O)c2c1. The van der Waals surface area contributed by atoms with E-state index in [9.17, 15) is 14.4 Å². The maximum Gasteiger partial charge on any atom is 0.261 e. The normalized spacial score (nSPS) is 18.8. The molecule has 2 fully saturated rings. The van der Waals surface area contributed by atoms with Crippen molar-refractivity contribution in [2.24, 2.45) is 5.41 Å². The molecule has 3 aromatic rings. The number of halogens is 1. The van der Waals surface area contributed by atoms with Crippen LogP contribution in [-0.2, 0) is 0 Å². The number of nitrogens with zero attached hydrogens (tertiary/aromatic N) is 3. The number of anilines is 1. The first-order valence-corrected chi connectivity index (χ1v) is 11.9. The number of nitrogen functional groups attached to an aromatic ring is 1. The zero-order chi connectivity index (χ0) is 24.3. The van der Waals surface area contributed by atoms with E-state index in [1.54, 1.807) is 29.1 Å². The molecule has 1 spiro atoms. The topological polar surface area (TPSA) is 106 Å². The van der Waals surface area contributed by atoms with Crippen molar-refractivity contribution < 1.29 is 9.13 Å². The second kappa shape index (κ2) is 9.82. The summed E-state index contributed by atoms with van der Waals surface area (Å²) in [5.41, 5.74) is 6.55. The molecule has 2 aromatic carbocycles. The minimum absolute atomic E-state index is 0.0769. The van der Waals surface area contributed by atoms with E-state index in [0.717, 1.165) is 51.3 Å². The number of hydrogen-bond donors (Lipinski definition) is 2. The van der Waals surface area contributed by atoms with Crippen LogP contribution < -0.4 is 21.3 Å². The summed E-state index contributed by atoms with van der Waals surface area (Å²) in [6, 6.07) is 9.29. The smallest absolute Gasteiger partial charge is 0.261 e. The molecule has 1 saturated heterocycles. The summed E-state index contributed by atoms with van der Waals surface area (Å²) in [4.78, 5) is 17.8. The van der Waals surface area contributed by atoms with Gasteiger partial charge in [0.25, 0.3) is 5.56 Å². The molecule has 1 atom stereocenters. The molecule has 0 radical (unpaired) electrons. The van der Waals surface area contributed by atoms with Crippen molar-refractivity contribution in [1.82, 2.24) is 14.9 Å². The first-order valence-electron chi connectivity index (χ1n) is 11.9. The Morgan fingerprint density at radius 1 is 1.24 bits per heavy atom. The van der Waals surface area contributed by atoms with Crippen molar-refractivity contribution >= 4 is 16.6 Å². The van der Waals surface area contributed by atoms with E-state index in [0.29, 0.717) is 16.3 Å². The number of benzene rings is 2. The molecule has 1 aromatic heterocycles. The summed E-state index contributed by atoms with van der Waals surface area (Å²) in [6.45, 7) is 6.06. The number of nitrogens with one attached hydrogen (secondary N) is 1. The highest BCUT2D eigenvalue weighted by molar-refractivity contribution is 5.79. The average Bonchev–Trinajstić information content (AvgIpc) is 3.26. The largest absolute Gasteiger partial charge is 0.453 e. The van der Waals surface area contributed by atoms with Crippen molar-refractivity contribution in [2.45, 2.75) is 52.0 Å². The van der Waals surface area contributed by atoms with Crippen LogP contribution in [0.1, 0.15) is 57.6 Å². The fraction of sp³-hybridized carbons (Fsp3) is 0.423. The van der Waals surface area contributed by atoms with E-state index in [-0.39, 0.29) is 34.4 Å². The monoisotopic (exact) mass is 463 g/mol. The predicted molar refractivity (Wildman–Crippen MR) is 130 cm³/mol. The Morgan fingerprint density at radius 3 is 2.74 bits per heavy atom. The van der Waals surface area contributed by atoms with E-state index < -0.39 is 5.82 Å². The van der Waals surface area contributed by atoms with Crippen LogP contribution in [0.15, 0.2) is 41.5 Å². The predicted octanol–water partition coefficient (Wildman–Crippen LogP) is 4.90. The number of hydrogen-bond acceptors (Lipinski definition) is 6. The van der Waals surface area contributed by atoms with E-state index in [1.165, 1.54) is 6.07 Å². The highest BCUT2D eigenvalue weighted by atomic mass is 19.1. The minimum atomic E-state index is -0.697.